The molecule has 0 saturated heterocycles. The quantitative estimate of drug-likeness (QED) is 0.874. The van der Waals surface area contributed by atoms with Crippen LogP contribution in [0, 0.1) is 11.8 Å². The Morgan fingerprint density at radius 3 is 2.74 bits per heavy atom. The molecule has 2 unspecified atom stereocenters. The number of nitrogens with two attached hydrogens (primary N) is 1. The van der Waals surface area contributed by atoms with Gasteiger partial charge in [-0.15, -0.1) is 0 Å². The first-order valence-corrected chi connectivity index (χ1v) is 9.11. The van der Waals surface area contributed by atoms with E-state index in [4.69, 9.17) is 5.73 Å². The molecule has 1 amide bonds. The molecule has 1 fully saturated rings. The van der Waals surface area contributed by atoms with E-state index in [1.807, 2.05) is 0 Å². The molecule has 0 radical (unpaired) electrons. The van der Waals surface area contributed by atoms with Crippen molar-refractivity contribution in [1.29, 1.82) is 0 Å². The first-order chi connectivity index (χ1) is 11.2. The van der Waals surface area contributed by atoms with Gasteiger partial charge in [-0.1, -0.05) is 50.3 Å². The SMILES string of the molecule is NC(=O)C1Cc2c([nH]c3ccccc23)C(CC2CCCCC2)C1. The maximum atomic E-state index is 11.9. The monoisotopic (exact) mass is 310 g/mol. The van der Waals surface area contributed by atoms with Crippen molar-refractivity contribution in [3.8, 4) is 0 Å². The number of carbonyl (C=O) groups excluding carboxylic acids is 1. The standard InChI is InChI=1S/C20H26N2O/c21-20(23)15-11-14(10-13-6-2-1-3-7-13)19-17(12-15)16-8-4-5-9-18(16)22-19/h4-5,8-9,13-15,22H,1-3,6-7,10-12H2,(H2,21,23). The summed E-state index contributed by atoms with van der Waals surface area (Å²) in [6.07, 6.45) is 9.78. The van der Waals surface area contributed by atoms with Crippen LogP contribution in [0.2, 0.25) is 0 Å². The number of hydrogen-bond donors (Lipinski definition) is 2. The Morgan fingerprint density at radius 2 is 1.96 bits per heavy atom. The normalized spacial score (nSPS) is 25.4. The Hall–Kier alpha value is -1.77. The maximum absolute atomic E-state index is 11.9. The van der Waals surface area contributed by atoms with Gasteiger partial charge in [-0.3, -0.25) is 4.79 Å². The molecule has 0 bridgehead atoms. The fraction of sp³-hybridized carbons (Fsp3) is 0.550. The molecule has 2 atom stereocenters. The van der Waals surface area contributed by atoms with Crippen molar-refractivity contribution in [3.63, 3.8) is 0 Å². The van der Waals surface area contributed by atoms with Gasteiger partial charge < -0.3 is 10.7 Å². The van der Waals surface area contributed by atoms with Crippen LogP contribution < -0.4 is 5.73 Å². The van der Waals surface area contributed by atoms with E-state index in [2.05, 4.69) is 29.2 Å². The van der Waals surface area contributed by atoms with Crippen LogP contribution in [0.1, 0.15) is 62.1 Å². The van der Waals surface area contributed by atoms with E-state index >= 15 is 0 Å². The lowest BCUT2D eigenvalue weighted by molar-refractivity contribution is -0.122. The summed E-state index contributed by atoms with van der Waals surface area (Å²) in [6.45, 7) is 0. The fourth-order valence-electron chi connectivity index (χ4n) is 4.84. The molecule has 0 aliphatic heterocycles. The van der Waals surface area contributed by atoms with Gasteiger partial charge in [0.15, 0.2) is 0 Å². The Kier molecular flexibility index (Phi) is 3.88. The number of primary amides is 1. The summed E-state index contributed by atoms with van der Waals surface area (Å²) in [5.74, 6) is 1.15. The van der Waals surface area contributed by atoms with Gasteiger partial charge in [-0.25, -0.2) is 0 Å². The highest BCUT2D eigenvalue weighted by molar-refractivity contribution is 5.87. The van der Waals surface area contributed by atoms with Crippen LogP contribution in [0.15, 0.2) is 24.3 Å². The van der Waals surface area contributed by atoms with E-state index in [0.29, 0.717) is 5.92 Å². The van der Waals surface area contributed by atoms with Gasteiger partial charge in [0.2, 0.25) is 5.91 Å². The molecule has 2 aliphatic carbocycles. The second-order valence-corrected chi connectivity index (χ2v) is 7.54. The van der Waals surface area contributed by atoms with E-state index in [-0.39, 0.29) is 11.8 Å². The maximum Gasteiger partial charge on any atom is 0.220 e. The van der Waals surface area contributed by atoms with Gasteiger partial charge in [0, 0.05) is 28.4 Å². The van der Waals surface area contributed by atoms with Crippen molar-refractivity contribution < 1.29 is 4.79 Å². The molecule has 1 saturated carbocycles. The predicted octanol–water partition coefficient (Wildman–Crippen LogP) is 4.27. The van der Waals surface area contributed by atoms with Crippen LogP contribution in [0.3, 0.4) is 0 Å². The lowest BCUT2D eigenvalue weighted by Gasteiger charge is -2.32. The number of nitrogens with one attached hydrogen (secondary N) is 1. The minimum atomic E-state index is -0.130. The van der Waals surface area contributed by atoms with Crippen molar-refractivity contribution in [3.05, 3.63) is 35.5 Å². The van der Waals surface area contributed by atoms with Crippen molar-refractivity contribution in [2.24, 2.45) is 17.6 Å². The summed E-state index contributed by atoms with van der Waals surface area (Å²) in [6, 6.07) is 8.47. The van der Waals surface area contributed by atoms with Gasteiger partial charge in [-0.05, 0) is 36.8 Å². The van der Waals surface area contributed by atoms with Crippen molar-refractivity contribution in [2.75, 3.05) is 0 Å². The lowest BCUT2D eigenvalue weighted by Crippen LogP contribution is -2.31. The molecule has 0 spiro atoms. The summed E-state index contributed by atoms with van der Waals surface area (Å²) in [4.78, 5) is 15.5. The summed E-state index contributed by atoms with van der Waals surface area (Å²) in [7, 11) is 0. The summed E-state index contributed by atoms with van der Waals surface area (Å²) in [5.41, 5.74) is 9.62. The van der Waals surface area contributed by atoms with E-state index in [0.717, 1.165) is 18.8 Å². The fourth-order valence-corrected chi connectivity index (χ4v) is 4.84. The zero-order chi connectivity index (χ0) is 15.8. The van der Waals surface area contributed by atoms with Gasteiger partial charge in [-0.2, -0.15) is 0 Å². The highest BCUT2D eigenvalue weighted by Gasteiger charge is 2.34. The van der Waals surface area contributed by atoms with Gasteiger partial charge in [0.1, 0.15) is 0 Å². The highest BCUT2D eigenvalue weighted by atomic mass is 16.1. The number of para-hydroxylation sites is 1. The van der Waals surface area contributed by atoms with Crippen molar-refractivity contribution >= 4 is 16.8 Å². The number of fused-ring (bicyclic) bond motifs is 3. The second-order valence-electron chi connectivity index (χ2n) is 7.54. The van der Waals surface area contributed by atoms with Crippen LogP contribution in [-0.4, -0.2) is 10.9 Å². The first kappa shape index (κ1) is 14.8. The molecule has 23 heavy (non-hydrogen) atoms. The van der Waals surface area contributed by atoms with Gasteiger partial charge >= 0.3 is 0 Å². The Morgan fingerprint density at radius 1 is 1.17 bits per heavy atom. The molecule has 1 aromatic carbocycles. The Bertz CT molecular complexity index is 712. The summed E-state index contributed by atoms with van der Waals surface area (Å²) < 4.78 is 0. The number of carbonyl (C=O) groups is 1. The topological polar surface area (TPSA) is 58.9 Å². The van der Waals surface area contributed by atoms with Crippen LogP contribution in [0.5, 0.6) is 0 Å². The molecule has 1 aromatic heterocycles. The third kappa shape index (κ3) is 2.77. The zero-order valence-corrected chi connectivity index (χ0v) is 13.7. The molecular weight excluding hydrogens is 284 g/mol. The molecule has 2 aromatic rings. The van der Waals surface area contributed by atoms with Gasteiger partial charge in [0.25, 0.3) is 0 Å². The predicted molar refractivity (Wildman–Crippen MR) is 93.2 cm³/mol. The molecule has 3 N–H and O–H groups in total. The average molecular weight is 310 g/mol. The van der Waals surface area contributed by atoms with Crippen molar-refractivity contribution in [1.82, 2.24) is 4.98 Å². The van der Waals surface area contributed by atoms with Crippen molar-refractivity contribution in [2.45, 2.75) is 57.3 Å². The number of H-pyrrole nitrogens is 1. The number of hydrogen-bond acceptors (Lipinski definition) is 1. The molecule has 4 rings (SSSR count). The average Bonchev–Trinajstić information content (AvgIpc) is 2.95. The highest BCUT2D eigenvalue weighted by Crippen LogP contribution is 2.43. The van der Waals surface area contributed by atoms with Crippen LogP contribution in [0.4, 0.5) is 0 Å². The minimum Gasteiger partial charge on any atom is -0.369 e. The molecule has 122 valence electrons. The van der Waals surface area contributed by atoms with E-state index < -0.39 is 0 Å². The second kappa shape index (κ2) is 6.03. The third-order valence-electron chi connectivity index (χ3n) is 6.02. The van der Waals surface area contributed by atoms with Crippen LogP contribution in [-0.2, 0) is 11.2 Å². The molecule has 2 aliphatic rings. The molecule has 3 heteroatoms. The molecule has 3 nitrogen and oxygen atoms in total. The Labute approximate surface area is 137 Å². The number of aromatic nitrogens is 1. The smallest absolute Gasteiger partial charge is 0.220 e. The summed E-state index contributed by atoms with van der Waals surface area (Å²) in [5, 5.41) is 1.28. The number of aromatic amines is 1. The third-order valence-corrected chi connectivity index (χ3v) is 6.02. The molecule has 1 heterocycles. The Balaban J connectivity index is 1.69. The zero-order valence-electron chi connectivity index (χ0n) is 13.7. The minimum absolute atomic E-state index is 0.00435. The van der Waals surface area contributed by atoms with E-state index in [9.17, 15) is 4.79 Å². The largest absolute Gasteiger partial charge is 0.369 e. The number of amides is 1. The lowest BCUT2D eigenvalue weighted by atomic mass is 9.73. The summed E-state index contributed by atoms with van der Waals surface area (Å²) >= 11 is 0. The number of benzene rings is 1. The number of rotatable bonds is 3. The molecular formula is C20H26N2O. The van der Waals surface area contributed by atoms with Crippen LogP contribution >= 0.6 is 0 Å². The van der Waals surface area contributed by atoms with Gasteiger partial charge in [0.05, 0.1) is 0 Å². The van der Waals surface area contributed by atoms with E-state index in [1.165, 1.54) is 60.7 Å². The van der Waals surface area contributed by atoms with E-state index in [1.54, 1.807) is 0 Å². The first-order valence-electron chi connectivity index (χ1n) is 9.11. The van der Waals surface area contributed by atoms with Crippen LogP contribution in [0.25, 0.3) is 10.9 Å².